The van der Waals surface area contributed by atoms with E-state index in [0.717, 1.165) is 35.2 Å². The lowest BCUT2D eigenvalue weighted by molar-refractivity contribution is -0.384. The van der Waals surface area contributed by atoms with Gasteiger partial charge in [-0.15, -0.1) is 11.3 Å². The molecule has 2 aromatic heterocycles. The third kappa shape index (κ3) is 3.89. The molecule has 1 amide bonds. The van der Waals surface area contributed by atoms with E-state index >= 15 is 0 Å². The molecule has 1 aliphatic carbocycles. The molecule has 1 saturated carbocycles. The van der Waals surface area contributed by atoms with Gasteiger partial charge in [0, 0.05) is 24.7 Å². The fourth-order valence-corrected chi connectivity index (χ4v) is 6.20. The van der Waals surface area contributed by atoms with E-state index < -0.39 is 10.9 Å². The lowest BCUT2D eigenvalue weighted by Crippen LogP contribution is -2.47. The largest absolute Gasteiger partial charge is 0.465 e. The molecule has 1 aromatic carbocycles. The van der Waals surface area contributed by atoms with E-state index in [1.165, 1.54) is 26.4 Å². The maximum absolute atomic E-state index is 12.7. The highest BCUT2D eigenvalue weighted by molar-refractivity contribution is 7.20. The van der Waals surface area contributed by atoms with Gasteiger partial charge >= 0.3 is 11.7 Å². The van der Waals surface area contributed by atoms with Crippen LogP contribution >= 0.6 is 11.3 Å². The number of nitro groups is 1. The maximum Gasteiger partial charge on any atom is 0.347 e. The summed E-state index contributed by atoms with van der Waals surface area (Å²) in [5.41, 5.74) is 1.94. The smallest absolute Gasteiger partial charge is 0.347 e. The quantitative estimate of drug-likeness (QED) is 0.332. The first-order valence-electron chi connectivity index (χ1n) is 11.4. The molecule has 3 heterocycles. The van der Waals surface area contributed by atoms with Crippen molar-refractivity contribution in [2.75, 3.05) is 31.6 Å². The summed E-state index contributed by atoms with van der Waals surface area (Å²) in [5, 5.41) is 15.3. The fourth-order valence-electron chi connectivity index (χ4n) is 4.92. The number of methoxy groups -OCH3 is 1. The van der Waals surface area contributed by atoms with Gasteiger partial charge in [-0.3, -0.25) is 14.9 Å². The number of aromatic nitrogens is 2. The number of amides is 1. The summed E-state index contributed by atoms with van der Waals surface area (Å²) in [7, 11) is 1.19. The molecule has 1 saturated heterocycles. The van der Waals surface area contributed by atoms with Crippen LogP contribution in [0.15, 0.2) is 24.5 Å². The molecule has 0 unspecified atom stereocenters. The van der Waals surface area contributed by atoms with Gasteiger partial charge in [-0.25, -0.2) is 9.78 Å². The maximum atomic E-state index is 12.7. The zero-order valence-electron chi connectivity index (χ0n) is 18.8. The van der Waals surface area contributed by atoms with Crippen molar-refractivity contribution in [3.8, 4) is 10.4 Å². The zero-order valence-corrected chi connectivity index (χ0v) is 19.6. The number of thiophene rings is 1. The summed E-state index contributed by atoms with van der Waals surface area (Å²) in [6, 6.07) is 6.04. The van der Waals surface area contributed by atoms with E-state index in [4.69, 9.17) is 4.74 Å². The molecule has 2 aliphatic rings. The van der Waals surface area contributed by atoms with Gasteiger partial charge in [0.15, 0.2) is 5.56 Å². The fraction of sp³-hybridized carbons (Fsp3) is 0.435. The van der Waals surface area contributed by atoms with E-state index in [2.05, 4.69) is 14.9 Å². The highest BCUT2D eigenvalue weighted by atomic mass is 32.1. The normalized spacial score (nSPS) is 17.1. The first kappa shape index (κ1) is 22.3. The highest BCUT2D eigenvalue weighted by Gasteiger charge is 2.37. The Bertz CT molecular complexity index is 1280. The molecule has 178 valence electrons. The van der Waals surface area contributed by atoms with Gasteiger partial charge in [-0.1, -0.05) is 25.3 Å². The molecule has 0 radical (unpaired) electrons. The number of rotatable bonds is 5. The number of carbonyl (C=O) groups is 2. The van der Waals surface area contributed by atoms with Crippen LogP contribution in [0.5, 0.6) is 0 Å². The Morgan fingerprint density at radius 1 is 1.29 bits per heavy atom. The van der Waals surface area contributed by atoms with Crippen LogP contribution in [-0.2, 0) is 9.53 Å². The first-order chi connectivity index (χ1) is 16.5. The van der Waals surface area contributed by atoms with Crippen molar-refractivity contribution in [1.82, 2.24) is 14.9 Å². The second kappa shape index (κ2) is 9.05. The third-order valence-corrected chi connectivity index (χ3v) is 7.86. The van der Waals surface area contributed by atoms with Crippen molar-refractivity contribution in [3.63, 3.8) is 0 Å². The predicted octanol–water partition coefficient (Wildman–Crippen LogP) is 3.90. The summed E-state index contributed by atoms with van der Waals surface area (Å²) >= 11 is 1.13. The lowest BCUT2D eigenvalue weighted by atomic mass is 9.95. The number of ether oxygens (including phenoxy) is 1. The molecule has 0 atom stereocenters. The molecular weight excluding hydrogens is 458 g/mol. The molecule has 10 nitrogen and oxygen atoms in total. The van der Waals surface area contributed by atoms with Crippen molar-refractivity contribution in [1.29, 1.82) is 0 Å². The van der Waals surface area contributed by atoms with Gasteiger partial charge in [-0.2, -0.15) is 0 Å². The first-order valence-corrected chi connectivity index (χ1v) is 12.2. The SMILES string of the molecule is COC(=O)c1c(N2CCNC(=O)C2)sc(-c2ccc3c(c2)ncn3C2CCCCC2)c1[N+](=O)[O-]. The number of benzene rings is 1. The highest BCUT2D eigenvalue weighted by Crippen LogP contribution is 2.48. The Kier molecular flexibility index (Phi) is 5.94. The second-order valence-corrected chi connectivity index (χ2v) is 9.63. The van der Waals surface area contributed by atoms with Crippen molar-refractivity contribution >= 4 is 44.9 Å². The van der Waals surface area contributed by atoms with Gasteiger partial charge in [0.25, 0.3) is 0 Å². The Morgan fingerprint density at radius 3 is 2.79 bits per heavy atom. The number of carbonyl (C=O) groups excluding carboxylic acids is 2. The standard InChI is InChI=1S/C23H25N5O5S/c1-33-23(30)19-20(28(31)32)21(34-22(19)26-10-9-24-18(29)12-26)14-7-8-17-16(11-14)25-13-27(17)15-5-3-2-4-6-15/h7-8,11,13,15H,2-6,9-10,12H2,1H3,(H,24,29). The van der Waals surface area contributed by atoms with Crippen LogP contribution in [0.4, 0.5) is 10.7 Å². The van der Waals surface area contributed by atoms with E-state index in [-0.39, 0.29) is 23.7 Å². The van der Waals surface area contributed by atoms with Crippen molar-refractivity contribution in [2.24, 2.45) is 0 Å². The summed E-state index contributed by atoms with van der Waals surface area (Å²) in [5.74, 6) is -0.993. The summed E-state index contributed by atoms with van der Waals surface area (Å²) in [4.78, 5) is 42.9. The molecule has 3 aromatic rings. The van der Waals surface area contributed by atoms with E-state index in [0.29, 0.717) is 34.6 Å². The van der Waals surface area contributed by atoms with Crippen LogP contribution in [0.25, 0.3) is 21.5 Å². The van der Waals surface area contributed by atoms with Crippen molar-refractivity contribution in [2.45, 2.75) is 38.1 Å². The van der Waals surface area contributed by atoms with Crippen LogP contribution in [-0.4, -0.2) is 53.1 Å². The van der Waals surface area contributed by atoms with E-state index in [1.807, 2.05) is 24.5 Å². The molecule has 0 bridgehead atoms. The molecule has 5 rings (SSSR count). The van der Waals surface area contributed by atoms with E-state index in [1.54, 1.807) is 4.90 Å². The minimum Gasteiger partial charge on any atom is -0.465 e. The minimum atomic E-state index is -0.794. The molecule has 1 aliphatic heterocycles. The Balaban J connectivity index is 1.62. The predicted molar refractivity (Wildman–Crippen MR) is 128 cm³/mol. The number of nitrogens with one attached hydrogen (secondary N) is 1. The van der Waals surface area contributed by atoms with Gasteiger partial charge in [0.2, 0.25) is 5.91 Å². The third-order valence-electron chi connectivity index (χ3n) is 6.57. The number of hydrogen-bond acceptors (Lipinski definition) is 8. The summed E-state index contributed by atoms with van der Waals surface area (Å²) < 4.78 is 7.10. The number of imidazole rings is 1. The Morgan fingerprint density at radius 2 is 2.09 bits per heavy atom. The number of fused-ring (bicyclic) bond motifs is 1. The number of hydrogen-bond donors (Lipinski definition) is 1. The minimum absolute atomic E-state index is 0.0198. The lowest BCUT2D eigenvalue weighted by Gasteiger charge is -2.27. The zero-order chi connectivity index (χ0) is 23.8. The number of esters is 1. The van der Waals surface area contributed by atoms with Crippen LogP contribution in [0.2, 0.25) is 0 Å². The molecule has 34 heavy (non-hydrogen) atoms. The molecule has 2 fully saturated rings. The van der Waals surface area contributed by atoms with E-state index in [9.17, 15) is 19.7 Å². The van der Waals surface area contributed by atoms with Gasteiger partial charge in [-0.05, 0) is 25.0 Å². The molecular formula is C23H25N5O5S. The molecule has 0 spiro atoms. The van der Waals surface area contributed by atoms with Crippen LogP contribution < -0.4 is 10.2 Å². The van der Waals surface area contributed by atoms with Crippen molar-refractivity contribution in [3.05, 3.63) is 40.2 Å². The molecule has 1 N–H and O–H groups in total. The Hall–Kier alpha value is -3.47. The average Bonchev–Trinajstić information content (AvgIpc) is 3.46. The number of piperazine rings is 1. The van der Waals surface area contributed by atoms with Gasteiger partial charge in [0.05, 0.1) is 35.9 Å². The van der Waals surface area contributed by atoms with Crippen LogP contribution in [0.1, 0.15) is 48.5 Å². The van der Waals surface area contributed by atoms with Gasteiger partial charge in [0.1, 0.15) is 9.88 Å². The van der Waals surface area contributed by atoms with Crippen LogP contribution in [0, 0.1) is 10.1 Å². The summed E-state index contributed by atoms with van der Waals surface area (Å²) in [6.07, 6.45) is 7.77. The summed E-state index contributed by atoms with van der Waals surface area (Å²) in [6.45, 7) is 0.856. The number of nitrogens with zero attached hydrogens (tertiary/aromatic N) is 4. The topological polar surface area (TPSA) is 120 Å². The average molecular weight is 484 g/mol. The second-order valence-electron chi connectivity index (χ2n) is 8.63. The van der Waals surface area contributed by atoms with Gasteiger partial charge < -0.3 is 19.5 Å². The van der Waals surface area contributed by atoms with Crippen molar-refractivity contribution < 1.29 is 19.2 Å². The van der Waals surface area contributed by atoms with Crippen LogP contribution in [0.3, 0.4) is 0 Å². The monoisotopic (exact) mass is 483 g/mol. The number of anilines is 1. The Labute approximate surface area is 199 Å². The molecule has 11 heteroatoms.